The number of hydrogen-bond donors (Lipinski definition) is 0. The minimum Gasteiger partial charge on any atom is -0.497 e. The molecule has 1 aliphatic rings. The SMILES string of the molecule is COc1ccc(COC(C)C#Cc2ccc(O[C@H]3C[C@H](C)C3)cn2)cc1. The van der Waals surface area contributed by atoms with E-state index in [-0.39, 0.29) is 6.10 Å². The maximum atomic E-state index is 5.86. The second-order valence-corrected chi connectivity index (χ2v) is 6.77. The molecule has 0 amide bonds. The molecule has 3 rings (SSSR count). The second kappa shape index (κ2) is 8.73. The fourth-order valence-electron chi connectivity index (χ4n) is 2.80. The molecule has 1 fully saturated rings. The van der Waals surface area contributed by atoms with Gasteiger partial charge in [0.1, 0.15) is 23.3 Å². The zero-order valence-electron chi connectivity index (χ0n) is 15.6. The Hall–Kier alpha value is -2.51. The van der Waals surface area contributed by atoms with Gasteiger partial charge in [0, 0.05) is 0 Å². The Kier molecular flexibility index (Phi) is 6.14. The highest BCUT2D eigenvalue weighted by atomic mass is 16.5. The molecule has 1 saturated carbocycles. The Balaban J connectivity index is 1.46. The van der Waals surface area contributed by atoms with Crippen LogP contribution in [0.25, 0.3) is 0 Å². The van der Waals surface area contributed by atoms with Crippen molar-refractivity contribution in [1.29, 1.82) is 0 Å². The minimum absolute atomic E-state index is 0.175. The van der Waals surface area contributed by atoms with Crippen LogP contribution in [0.1, 0.15) is 37.9 Å². The zero-order chi connectivity index (χ0) is 18.4. The van der Waals surface area contributed by atoms with Crippen LogP contribution in [0.4, 0.5) is 0 Å². The molecule has 1 heterocycles. The summed E-state index contributed by atoms with van der Waals surface area (Å²) in [6.07, 6.45) is 4.17. The Bertz CT molecular complexity index is 753. The van der Waals surface area contributed by atoms with E-state index in [4.69, 9.17) is 14.2 Å². The Morgan fingerprint density at radius 2 is 1.85 bits per heavy atom. The van der Waals surface area contributed by atoms with Crippen molar-refractivity contribution in [2.75, 3.05) is 7.11 Å². The predicted molar refractivity (Wildman–Crippen MR) is 101 cm³/mol. The predicted octanol–water partition coefficient (Wildman–Crippen LogP) is 4.22. The van der Waals surface area contributed by atoms with E-state index in [9.17, 15) is 0 Å². The van der Waals surface area contributed by atoms with E-state index in [0.717, 1.165) is 41.5 Å². The smallest absolute Gasteiger partial charge is 0.138 e. The van der Waals surface area contributed by atoms with Gasteiger partial charge < -0.3 is 14.2 Å². The summed E-state index contributed by atoms with van der Waals surface area (Å²) in [6.45, 7) is 4.69. The molecule has 4 heteroatoms. The zero-order valence-corrected chi connectivity index (χ0v) is 15.6. The molecule has 1 unspecified atom stereocenters. The number of hydrogen-bond acceptors (Lipinski definition) is 4. The van der Waals surface area contributed by atoms with E-state index in [1.807, 2.05) is 43.3 Å². The molecule has 1 aromatic carbocycles. The molecular weight excluding hydrogens is 326 g/mol. The normalized spacial score (nSPS) is 19.7. The van der Waals surface area contributed by atoms with Gasteiger partial charge in [-0.25, -0.2) is 4.98 Å². The van der Waals surface area contributed by atoms with Crippen molar-refractivity contribution in [2.24, 2.45) is 5.92 Å². The van der Waals surface area contributed by atoms with Crippen LogP contribution in [0.5, 0.6) is 11.5 Å². The molecule has 0 radical (unpaired) electrons. The van der Waals surface area contributed by atoms with Gasteiger partial charge in [-0.3, -0.25) is 0 Å². The average Bonchev–Trinajstić information content (AvgIpc) is 2.65. The quantitative estimate of drug-likeness (QED) is 0.731. The van der Waals surface area contributed by atoms with E-state index in [2.05, 4.69) is 23.7 Å². The lowest BCUT2D eigenvalue weighted by atomic mass is 9.84. The maximum absolute atomic E-state index is 5.86. The van der Waals surface area contributed by atoms with Crippen LogP contribution in [0.15, 0.2) is 42.6 Å². The number of nitrogens with zero attached hydrogens (tertiary/aromatic N) is 1. The molecule has 136 valence electrons. The van der Waals surface area contributed by atoms with Crippen molar-refractivity contribution < 1.29 is 14.2 Å². The molecule has 0 saturated heterocycles. The molecular formula is C22H25NO3. The summed E-state index contributed by atoms with van der Waals surface area (Å²) in [5, 5.41) is 0. The second-order valence-electron chi connectivity index (χ2n) is 6.77. The lowest BCUT2D eigenvalue weighted by Gasteiger charge is -2.32. The molecule has 0 aliphatic heterocycles. The highest BCUT2D eigenvalue weighted by Gasteiger charge is 2.26. The fraction of sp³-hybridized carbons (Fsp3) is 0.409. The molecule has 4 nitrogen and oxygen atoms in total. The number of aromatic nitrogens is 1. The maximum Gasteiger partial charge on any atom is 0.138 e. The van der Waals surface area contributed by atoms with Gasteiger partial charge in [0.05, 0.1) is 26.0 Å². The van der Waals surface area contributed by atoms with Gasteiger partial charge in [-0.2, -0.15) is 0 Å². The van der Waals surface area contributed by atoms with Crippen molar-refractivity contribution >= 4 is 0 Å². The van der Waals surface area contributed by atoms with E-state index >= 15 is 0 Å². The van der Waals surface area contributed by atoms with Gasteiger partial charge >= 0.3 is 0 Å². The van der Waals surface area contributed by atoms with Gasteiger partial charge in [-0.05, 0) is 61.4 Å². The first kappa shape index (κ1) is 18.3. The number of rotatable bonds is 6. The van der Waals surface area contributed by atoms with Crippen molar-refractivity contribution in [2.45, 2.75) is 45.5 Å². The third-order valence-corrected chi connectivity index (χ3v) is 4.43. The van der Waals surface area contributed by atoms with Crippen LogP contribution in [0.3, 0.4) is 0 Å². The largest absolute Gasteiger partial charge is 0.497 e. The molecule has 0 N–H and O–H groups in total. The van der Waals surface area contributed by atoms with Gasteiger partial charge in [0.2, 0.25) is 0 Å². The van der Waals surface area contributed by atoms with Crippen molar-refractivity contribution in [1.82, 2.24) is 4.98 Å². The van der Waals surface area contributed by atoms with Crippen molar-refractivity contribution in [3.05, 3.63) is 53.9 Å². The van der Waals surface area contributed by atoms with Crippen LogP contribution >= 0.6 is 0 Å². The van der Waals surface area contributed by atoms with Crippen molar-refractivity contribution in [3.63, 3.8) is 0 Å². The molecule has 1 aliphatic carbocycles. The van der Waals surface area contributed by atoms with Crippen LogP contribution in [0, 0.1) is 17.8 Å². The average molecular weight is 351 g/mol. The summed E-state index contributed by atoms with van der Waals surface area (Å²) in [5.74, 6) is 8.56. The summed E-state index contributed by atoms with van der Waals surface area (Å²) >= 11 is 0. The number of ether oxygens (including phenoxy) is 3. The lowest BCUT2D eigenvalue weighted by molar-refractivity contribution is 0.0735. The van der Waals surface area contributed by atoms with Crippen LogP contribution in [0.2, 0.25) is 0 Å². The lowest BCUT2D eigenvalue weighted by Crippen LogP contribution is -2.31. The Morgan fingerprint density at radius 1 is 1.12 bits per heavy atom. The third kappa shape index (κ3) is 5.24. The molecule has 2 aromatic rings. The molecule has 0 bridgehead atoms. The third-order valence-electron chi connectivity index (χ3n) is 4.43. The standard InChI is InChI=1S/C22H25NO3/c1-16-12-22(13-16)26-21-11-8-19(23-14-21)7-4-17(2)25-15-18-5-9-20(24-3)10-6-18/h5-6,8-11,14,16-17,22H,12-13,15H2,1-3H3/t16-,17?,22-. The summed E-state index contributed by atoms with van der Waals surface area (Å²) in [5.41, 5.74) is 1.81. The van der Waals surface area contributed by atoms with Gasteiger partial charge in [-0.15, -0.1) is 0 Å². The van der Waals surface area contributed by atoms with Crippen LogP contribution in [-0.4, -0.2) is 24.3 Å². The Labute approximate surface area is 155 Å². The number of benzene rings is 1. The topological polar surface area (TPSA) is 40.6 Å². The monoisotopic (exact) mass is 351 g/mol. The van der Waals surface area contributed by atoms with Crippen molar-refractivity contribution in [3.8, 4) is 23.3 Å². The Morgan fingerprint density at radius 3 is 2.46 bits per heavy atom. The molecule has 0 spiro atoms. The van der Waals surface area contributed by atoms with E-state index in [1.54, 1.807) is 13.3 Å². The highest BCUT2D eigenvalue weighted by Crippen LogP contribution is 2.30. The minimum atomic E-state index is -0.175. The molecule has 26 heavy (non-hydrogen) atoms. The summed E-state index contributed by atoms with van der Waals surface area (Å²) in [7, 11) is 1.66. The van der Waals surface area contributed by atoms with Crippen LogP contribution < -0.4 is 9.47 Å². The van der Waals surface area contributed by atoms with Gasteiger partial charge in [-0.1, -0.05) is 25.0 Å². The number of pyridine rings is 1. The summed E-state index contributed by atoms with van der Waals surface area (Å²) in [4.78, 5) is 4.35. The summed E-state index contributed by atoms with van der Waals surface area (Å²) < 4.78 is 16.8. The first-order valence-electron chi connectivity index (χ1n) is 9.01. The van der Waals surface area contributed by atoms with E-state index in [0.29, 0.717) is 12.7 Å². The van der Waals surface area contributed by atoms with Crippen LogP contribution in [-0.2, 0) is 11.3 Å². The van der Waals surface area contributed by atoms with Gasteiger partial charge in [0.15, 0.2) is 0 Å². The molecule has 1 aromatic heterocycles. The van der Waals surface area contributed by atoms with Gasteiger partial charge in [0.25, 0.3) is 0 Å². The summed E-state index contributed by atoms with van der Waals surface area (Å²) in [6, 6.07) is 11.6. The molecule has 1 atom stereocenters. The first-order chi connectivity index (χ1) is 12.6. The first-order valence-corrected chi connectivity index (χ1v) is 9.01. The fourth-order valence-corrected chi connectivity index (χ4v) is 2.80. The van der Waals surface area contributed by atoms with E-state index in [1.165, 1.54) is 0 Å². The highest BCUT2D eigenvalue weighted by molar-refractivity contribution is 5.32. The van der Waals surface area contributed by atoms with E-state index < -0.39 is 0 Å². The number of methoxy groups -OCH3 is 1.